The summed E-state index contributed by atoms with van der Waals surface area (Å²) in [5.41, 5.74) is 0. The molecule has 0 N–H and O–H groups in total. The summed E-state index contributed by atoms with van der Waals surface area (Å²) in [6.07, 6.45) is 0. The van der Waals surface area contributed by atoms with E-state index in [0.29, 0.717) is 0 Å². The fourth-order valence-electron chi connectivity index (χ4n) is 0. The van der Waals surface area contributed by atoms with Crippen LogP contribution in [0.5, 0.6) is 0 Å². The first-order valence-corrected chi connectivity index (χ1v) is 0. The number of hydrogen-bond acceptors (Lipinski definition) is 0. The quantitative estimate of drug-likeness (QED) is 0.320. The van der Waals surface area contributed by atoms with Gasteiger partial charge in [0.2, 0.25) is 0 Å². The SMILES string of the molecule is [F-].[F-].[F-].[F-].[Tc+4]. The van der Waals surface area contributed by atoms with Crippen molar-refractivity contribution in [1.29, 1.82) is 0 Å². The molecule has 0 aliphatic carbocycles. The maximum absolute atomic E-state index is 0. The van der Waals surface area contributed by atoms with Gasteiger partial charge in [-0.25, -0.2) is 0 Å². The normalized spacial score (nSPS) is 0. The van der Waals surface area contributed by atoms with Crippen molar-refractivity contribution in [1.82, 2.24) is 0 Å². The van der Waals surface area contributed by atoms with Gasteiger partial charge in [0.15, 0.2) is 0 Å². The van der Waals surface area contributed by atoms with Crippen molar-refractivity contribution >= 4 is 0 Å². The molecule has 5 heavy (non-hydrogen) atoms. The predicted molar refractivity (Wildman–Crippen MR) is 0 cm³/mol. The molecule has 0 saturated carbocycles. The zero-order valence-corrected chi connectivity index (χ0v) is 3.75. The van der Waals surface area contributed by atoms with Gasteiger partial charge in [-0.05, 0) is 0 Å². The van der Waals surface area contributed by atoms with Crippen LogP contribution >= 0.6 is 0 Å². The minimum Gasteiger partial charge on any atom is -1.00 e. The van der Waals surface area contributed by atoms with E-state index in [1.54, 1.807) is 0 Å². The van der Waals surface area contributed by atoms with Gasteiger partial charge in [-0.1, -0.05) is 0 Å². The minimum absolute atomic E-state index is 0. The number of halogens is 4. The van der Waals surface area contributed by atoms with Gasteiger partial charge in [0.05, 0.1) is 0 Å². The first-order chi connectivity index (χ1) is 0. The maximum Gasteiger partial charge on any atom is 4.00 e. The fourth-order valence-corrected chi connectivity index (χ4v) is 0. The monoisotopic (exact) mass is 173 g/mol. The van der Waals surface area contributed by atoms with Crippen LogP contribution in [0.3, 0.4) is 0 Å². The molecule has 0 unspecified atom stereocenters. The van der Waals surface area contributed by atoms with E-state index in [1.165, 1.54) is 0 Å². The second kappa shape index (κ2) is 364. The van der Waals surface area contributed by atoms with Gasteiger partial charge in [-0.2, -0.15) is 0 Å². The molecule has 5 heteroatoms. The summed E-state index contributed by atoms with van der Waals surface area (Å²) >= 11 is 0. The van der Waals surface area contributed by atoms with Gasteiger partial charge in [-0.15, -0.1) is 0 Å². The molecule has 0 rings (SSSR count). The molecule has 0 bridgehead atoms. The average molecular weight is 174 g/mol. The Kier molecular flexibility index (Phi) is 54600. The van der Waals surface area contributed by atoms with Gasteiger partial charge in [0.1, 0.15) is 0 Å². The first kappa shape index (κ1) is 751. The third kappa shape index (κ3) is 180. The molecule has 0 aromatic carbocycles. The molecule has 0 aliphatic rings. The molecular weight excluding hydrogens is 174 g/mol. The molecule has 1 radical (unpaired) electrons. The van der Waals surface area contributed by atoms with Gasteiger partial charge in [-0.3, -0.25) is 0 Å². The summed E-state index contributed by atoms with van der Waals surface area (Å²) in [7, 11) is 0. The van der Waals surface area contributed by atoms with E-state index in [2.05, 4.69) is 0 Å². The third-order valence-electron chi connectivity index (χ3n) is 0. The van der Waals surface area contributed by atoms with Crippen molar-refractivity contribution in [3.05, 3.63) is 0 Å². The van der Waals surface area contributed by atoms with Crippen LogP contribution in [-0.4, -0.2) is 0 Å². The van der Waals surface area contributed by atoms with E-state index in [1.807, 2.05) is 0 Å². The molecular formula is F4Tc. The van der Waals surface area contributed by atoms with Crippen LogP contribution in [0.1, 0.15) is 0 Å². The van der Waals surface area contributed by atoms with E-state index < -0.39 is 0 Å². The molecule has 0 aromatic rings. The molecule has 0 aliphatic heterocycles. The van der Waals surface area contributed by atoms with E-state index in [-0.39, 0.29) is 38.9 Å². The molecule has 0 spiro atoms. The molecule has 35 valence electrons. The Balaban J connectivity index is 0. The van der Waals surface area contributed by atoms with Gasteiger partial charge in [0.25, 0.3) is 0 Å². The molecule has 0 amide bonds. The summed E-state index contributed by atoms with van der Waals surface area (Å²) in [6.45, 7) is 0. The van der Waals surface area contributed by atoms with Crippen molar-refractivity contribution < 1.29 is 38.9 Å². The van der Waals surface area contributed by atoms with E-state index in [4.69, 9.17) is 0 Å². The standard InChI is InChI=1S/4FH.Tc/h4*1H;/q;;;;+4/p-4. The molecule has 0 fully saturated rings. The van der Waals surface area contributed by atoms with Crippen LogP contribution in [0.4, 0.5) is 0 Å². The Morgan fingerprint density at radius 1 is 0.400 bits per heavy atom. The summed E-state index contributed by atoms with van der Waals surface area (Å²) < 4.78 is 0. The van der Waals surface area contributed by atoms with Crippen LogP contribution < -0.4 is 18.8 Å². The number of rotatable bonds is 0. The van der Waals surface area contributed by atoms with Crippen molar-refractivity contribution in [3.8, 4) is 0 Å². The minimum atomic E-state index is 0. The fraction of sp³-hybridized carbons (Fsp3) is 0. The second-order valence-corrected chi connectivity index (χ2v) is 0. The van der Waals surface area contributed by atoms with Crippen molar-refractivity contribution in [2.75, 3.05) is 0 Å². The largest absolute Gasteiger partial charge is 4.00 e. The molecule has 0 nitrogen and oxygen atoms in total. The Morgan fingerprint density at radius 3 is 0.400 bits per heavy atom. The molecule has 0 saturated heterocycles. The zero-order chi connectivity index (χ0) is 0. The van der Waals surface area contributed by atoms with Gasteiger partial charge >= 0.3 is 20.1 Å². The summed E-state index contributed by atoms with van der Waals surface area (Å²) in [5, 5.41) is 0. The Bertz CT molecular complexity index is 3.61. The van der Waals surface area contributed by atoms with Crippen LogP contribution in [0.25, 0.3) is 0 Å². The zero-order valence-electron chi connectivity index (χ0n) is 1.89. The Hall–Kier alpha value is 0.369. The summed E-state index contributed by atoms with van der Waals surface area (Å²) in [6, 6.07) is 0. The van der Waals surface area contributed by atoms with Crippen LogP contribution in [-0.2, 0) is 20.1 Å². The van der Waals surface area contributed by atoms with Crippen molar-refractivity contribution in [2.24, 2.45) is 0 Å². The summed E-state index contributed by atoms with van der Waals surface area (Å²) in [5.74, 6) is 0. The Morgan fingerprint density at radius 2 is 0.400 bits per heavy atom. The van der Waals surface area contributed by atoms with Crippen LogP contribution in [0.2, 0.25) is 0 Å². The van der Waals surface area contributed by atoms with Crippen molar-refractivity contribution in [2.45, 2.75) is 0 Å². The molecule has 0 atom stereocenters. The van der Waals surface area contributed by atoms with Gasteiger partial charge in [0, 0.05) is 0 Å². The number of hydrogen-bond donors (Lipinski definition) is 0. The smallest absolute Gasteiger partial charge is 1.00 e. The topological polar surface area (TPSA) is 0 Å². The van der Waals surface area contributed by atoms with Crippen LogP contribution in [0.15, 0.2) is 0 Å². The Labute approximate surface area is 39.8 Å². The molecule has 0 aromatic heterocycles. The van der Waals surface area contributed by atoms with Crippen LogP contribution in [0, 0.1) is 0 Å². The maximum atomic E-state index is 0. The second-order valence-electron chi connectivity index (χ2n) is 0. The van der Waals surface area contributed by atoms with E-state index in [9.17, 15) is 0 Å². The molecule has 0 heterocycles. The third-order valence-corrected chi connectivity index (χ3v) is 0. The summed E-state index contributed by atoms with van der Waals surface area (Å²) in [4.78, 5) is 0. The predicted octanol–water partition coefficient (Wildman–Crippen LogP) is -12.0. The van der Waals surface area contributed by atoms with E-state index in [0.717, 1.165) is 0 Å². The van der Waals surface area contributed by atoms with Gasteiger partial charge < -0.3 is 18.8 Å². The first-order valence-electron chi connectivity index (χ1n) is 0. The van der Waals surface area contributed by atoms with E-state index >= 15 is 0 Å². The van der Waals surface area contributed by atoms with Crippen molar-refractivity contribution in [3.63, 3.8) is 0 Å². The average Bonchev–Trinajstić information content (AvgIpc) is 0.